The lowest BCUT2D eigenvalue weighted by molar-refractivity contribution is 0.0975. The molecule has 0 amide bonds. The highest BCUT2D eigenvalue weighted by Crippen LogP contribution is 2.43. The van der Waals surface area contributed by atoms with E-state index in [1.807, 2.05) is 12.1 Å². The molecular formula is C38H18O4S4. The van der Waals surface area contributed by atoms with E-state index in [-0.39, 0.29) is 23.3 Å². The van der Waals surface area contributed by atoms with Crippen molar-refractivity contribution in [3.8, 4) is 19.5 Å². The topological polar surface area (TPSA) is 68.3 Å². The van der Waals surface area contributed by atoms with Gasteiger partial charge < -0.3 is 0 Å². The fourth-order valence-electron chi connectivity index (χ4n) is 5.87. The van der Waals surface area contributed by atoms with Crippen molar-refractivity contribution in [2.45, 2.75) is 0 Å². The van der Waals surface area contributed by atoms with Crippen LogP contribution in [0.25, 0.3) is 51.8 Å². The maximum atomic E-state index is 12.9. The summed E-state index contributed by atoms with van der Waals surface area (Å²) in [7, 11) is 0. The number of hydrogen-bond acceptors (Lipinski definition) is 8. The van der Waals surface area contributed by atoms with E-state index in [9.17, 15) is 19.2 Å². The van der Waals surface area contributed by atoms with Crippen LogP contribution >= 0.6 is 45.3 Å². The number of fused-ring (bicyclic) bond motifs is 4. The third-order valence-corrected chi connectivity index (χ3v) is 12.7. The van der Waals surface area contributed by atoms with Crippen LogP contribution in [0.3, 0.4) is 0 Å². The predicted octanol–water partition coefficient (Wildman–Crippen LogP) is 10.5. The molecule has 7 aromatic rings. The van der Waals surface area contributed by atoms with E-state index in [1.54, 1.807) is 83.3 Å². The Labute approximate surface area is 281 Å². The highest BCUT2D eigenvalue weighted by atomic mass is 32.1. The summed E-state index contributed by atoms with van der Waals surface area (Å²) in [5.41, 5.74) is 1.27. The molecule has 8 heteroatoms. The van der Waals surface area contributed by atoms with E-state index in [0.29, 0.717) is 32.0 Å². The number of rotatable bonds is 4. The van der Waals surface area contributed by atoms with Gasteiger partial charge in [0.1, 0.15) is 0 Å². The fraction of sp³-hybridized carbons (Fsp3) is 0. The van der Waals surface area contributed by atoms with Gasteiger partial charge in [-0.1, -0.05) is 48.5 Å². The van der Waals surface area contributed by atoms with Gasteiger partial charge in [-0.3, -0.25) is 19.2 Å². The third-order valence-electron chi connectivity index (χ3n) is 8.09. The Morgan fingerprint density at radius 2 is 0.804 bits per heavy atom. The molecule has 0 saturated heterocycles. The van der Waals surface area contributed by atoms with Crippen molar-refractivity contribution in [1.29, 1.82) is 0 Å². The molecule has 0 atom stereocenters. The summed E-state index contributed by atoms with van der Waals surface area (Å²) in [6, 6.07) is 29.4. The van der Waals surface area contributed by atoms with Crippen LogP contribution in [-0.2, 0) is 0 Å². The summed E-state index contributed by atoms with van der Waals surface area (Å²) in [5, 5.41) is 2.18. The molecule has 0 aliphatic heterocycles. The lowest BCUT2D eigenvalue weighted by atomic mass is 10.1. The van der Waals surface area contributed by atoms with Crippen molar-refractivity contribution in [3.05, 3.63) is 140 Å². The van der Waals surface area contributed by atoms with Crippen molar-refractivity contribution < 1.29 is 21.9 Å². The zero-order chi connectivity index (χ0) is 32.8. The summed E-state index contributed by atoms with van der Waals surface area (Å²) in [4.78, 5) is 56.9. The molecule has 3 aromatic carbocycles. The Morgan fingerprint density at radius 1 is 0.435 bits per heavy atom. The first-order valence-electron chi connectivity index (χ1n) is 15.2. The minimum absolute atomic E-state index is 0.0383. The van der Waals surface area contributed by atoms with Gasteiger partial charge in [0, 0.05) is 60.9 Å². The maximum absolute atomic E-state index is 12.9. The van der Waals surface area contributed by atoms with Gasteiger partial charge in [-0.25, -0.2) is 0 Å². The standard InChI is InChI=1S/C38H18O4S4/c39-35-23-5-1-2-6-24(23)36(40)27(35)17-21-9-11-29(43-21)33-15-19-13-32-20(14-31(19)45-33)16-34(46-32)30-12-10-22(44-30)18-28-37(41)25-7-3-4-8-26(25)38(28)42/h1-18H/i17D,18D. The Kier molecular flexibility index (Phi) is 5.69. The Bertz CT molecular complexity index is 2370. The lowest BCUT2D eigenvalue weighted by Crippen LogP contribution is -1.99. The molecule has 0 saturated carbocycles. The van der Waals surface area contributed by atoms with Crippen molar-refractivity contribution in [1.82, 2.24) is 0 Å². The van der Waals surface area contributed by atoms with Crippen LogP contribution in [0.2, 0.25) is 0 Å². The molecule has 9 rings (SSSR count). The van der Waals surface area contributed by atoms with Crippen LogP contribution < -0.4 is 0 Å². The van der Waals surface area contributed by atoms with E-state index in [0.717, 1.165) is 39.7 Å². The molecule has 0 fully saturated rings. The van der Waals surface area contributed by atoms with Crippen molar-refractivity contribution in [2.24, 2.45) is 0 Å². The average Bonchev–Trinajstić information content (AvgIpc) is 3.94. The summed E-state index contributed by atoms with van der Waals surface area (Å²) in [6.45, 7) is 0. The normalized spacial score (nSPS) is 14.8. The first-order valence-corrected chi connectivity index (χ1v) is 17.5. The van der Waals surface area contributed by atoms with Crippen LogP contribution in [-0.4, -0.2) is 23.1 Å². The second kappa shape index (κ2) is 10.3. The number of hydrogen-bond donors (Lipinski definition) is 0. The molecule has 4 nitrogen and oxygen atoms in total. The summed E-state index contributed by atoms with van der Waals surface area (Å²) < 4.78 is 19.7. The van der Waals surface area contributed by atoms with Gasteiger partial charge in [0.15, 0.2) is 23.1 Å². The first kappa shape index (κ1) is 25.3. The number of ketones is 4. The highest BCUT2D eigenvalue weighted by Gasteiger charge is 2.33. The molecule has 4 heterocycles. The largest absolute Gasteiger partial charge is 0.288 e. The van der Waals surface area contributed by atoms with E-state index >= 15 is 0 Å². The van der Waals surface area contributed by atoms with Crippen LogP contribution in [0.5, 0.6) is 0 Å². The SMILES string of the molecule is [2H]C(=C1C(=O)c2ccccc2C1=O)c1ccc(-c2cc3cc4sc(-c5ccc(C([2H])=C6C(=O)c7ccccc7C6=O)s5)cc4cc3s2)s1. The molecule has 0 spiro atoms. The smallest absolute Gasteiger partial charge is 0.197 e. The monoisotopic (exact) mass is 668 g/mol. The average molecular weight is 669 g/mol. The Hall–Kier alpha value is -4.86. The number of carbonyl (C=O) groups excluding carboxylic acids is 4. The first-order chi connectivity index (χ1) is 23.3. The molecule has 0 bridgehead atoms. The molecule has 2 aliphatic rings. The zero-order valence-electron chi connectivity index (χ0n) is 25.5. The molecule has 4 aromatic heterocycles. The minimum Gasteiger partial charge on any atom is -0.288 e. The molecule has 0 N–H and O–H groups in total. The Morgan fingerprint density at radius 3 is 1.17 bits per heavy atom. The van der Waals surface area contributed by atoms with Gasteiger partial charge in [-0.15, -0.1) is 45.3 Å². The van der Waals surface area contributed by atoms with Crippen molar-refractivity contribution >= 4 is 101 Å². The summed E-state index contributed by atoms with van der Waals surface area (Å²) in [6.07, 6.45) is 0. The van der Waals surface area contributed by atoms with Gasteiger partial charge in [0.2, 0.25) is 0 Å². The molecule has 46 heavy (non-hydrogen) atoms. The van der Waals surface area contributed by atoms with Crippen molar-refractivity contribution in [3.63, 3.8) is 0 Å². The van der Waals surface area contributed by atoms with Gasteiger partial charge in [0.05, 0.1) is 13.9 Å². The van der Waals surface area contributed by atoms with Gasteiger partial charge in [0.25, 0.3) is 0 Å². The number of carbonyl (C=O) groups is 4. The predicted molar refractivity (Wildman–Crippen MR) is 190 cm³/mol. The van der Waals surface area contributed by atoms with E-state index < -0.39 is 23.1 Å². The lowest BCUT2D eigenvalue weighted by Gasteiger charge is -1.92. The second-order valence-corrected chi connectivity index (χ2v) is 15.2. The van der Waals surface area contributed by atoms with Crippen LogP contribution in [0, 0.1) is 0 Å². The van der Waals surface area contributed by atoms with E-state index in [1.165, 1.54) is 22.7 Å². The maximum Gasteiger partial charge on any atom is 0.197 e. The van der Waals surface area contributed by atoms with Crippen LogP contribution in [0.15, 0.2) is 108 Å². The molecule has 0 radical (unpaired) electrons. The van der Waals surface area contributed by atoms with E-state index in [2.05, 4.69) is 24.3 Å². The van der Waals surface area contributed by atoms with Crippen molar-refractivity contribution in [2.75, 3.05) is 0 Å². The van der Waals surface area contributed by atoms with E-state index in [4.69, 9.17) is 2.74 Å². The number of allylic oxidation sites excluding steroid dienone is 2. The Balaban J connectivity index is 1.00. The fourth-order valence-corrected chi connectivity index (χ4v) is 10.0. The zero-order valence-corrected chi connectivity index (χ0v) is 26.8. The van der Waals surface area contributed by atoms with Gasteiger partial charge in [-0.05, 0) is 71.4 Å². The number of benzene rings is 3. The quantitative estimate of drug-likeness (QED) is 0.138. The summed E-state index contributed by atoms with van der Waals surface area (Å²) in [5.74, 6) is -1.56. The van der Waals surface area contributed by atoms with Gasteiger partial charge in [-0.2, -0.15) is 0 Å². The number of thiophene rings is 4. The second-order valence-electron chi connectivity index (χ2n) is 10.9. The summed E-state index contributed by atoms with van der Waals surface area (Å²) >= 11 is 6.09. The molecule has 0 unspecified atom stereocenters. The molecular weight excluding hydrogens is 649 g/mol. The highest BCUT2D eigenvalue weighted by molar-refractivity contribution is 7.27. The molecule has 218 valence electrons. The third kappa shape index (κ3) is 4.29. The van der Waals surface area contributed by atoms with Crippen LogP contribution in [0.1, 0.15) is 53.9 Å². The van der Waals surface area contributed by atoms with Gasteiger partial charge >= 0.3 is 0 Å². The molecule has 2 aliphatic carbocycles. The van der Waals surface area contributed by atoms with Crippen LogP contribution in [0.4, 0.5) is 0 Å². The number of Topliss-reactive ketones (excluding diaryl/α,β-unsaturated/α-hetero) is 4. The minimum atomic E-state index is -0.391.